The Balaban J connectivity index is 1.68. The maximum atomic E-state index is 12.7. The predicted molar refractivity (Wildman–Crippen MR) is 108 cm³/mol. The van der Waals surface area contributed by atoms with Gasteiger partial charge in [-0.25, -0.2) is 0 Å². The average molecular weight is 357 g/mol. The molecule has 1 amide bonds. The number of benzene rings is 3. The van der Waals surface area contributed by atoms with Crippen LogP contribution in [-0.2, 0) is 13.0 Å². The summed E-state index contributed by atoms with van der Waals surface area (Å²) in [7, 11) is 1.79. The Bertz CT molecular complexity index is 913. The zero-order valence-electron chi connectivity index (χ0n) is 15.7. The third kappa shape index (κ3) is 4.50. The van der Waals surface area contributed by atoms with Crippen LogP contribution < -0.4 is 0 Å². The van der Waals surface area contributed by atoms with E-state index >= 15 is 0 Å². The Morgan fingerprint density at radius 2 is 1.22 bits per heavy atom. The third-order valence-corrected chi connectivity index (χ3v) is 4.63. The Morgan fingerprint density at radius 1 is 0.704 bits per heavy atom. The fraction of sp³-hybridized carbons (Fsp3) is 0.167. The predicted octanol–water partition coefficient (Wildman–Crippen LogP) is 4.75. The molecule has 0 aliphatic carbocycles. The SMILES string of the molecule is CCc1ccc(CN(C)C(=O)c2ccc(C(=O)c3ccccc3)cc2)cc1. The first-order chi connectivity index (χ1) is 13.1. The van der Waals surface area contributed by atoms with Crippen molar-refractivity contribution in [1.29, 1.82) is 0 Å². The van der Waals surface area contributed by atoms with Crippen LogP contribution in [0.2, 0.25) is 0 Å². The monoisotopic (exact) mass is 357 g/mol. The molecule has 0 aliphatic heterocycles. The largest absolute Gasteiger partial charge is 0.337 e. The van der Waals surface area contributed by atoms with Gasteiger partial charge in [0.2, 0.25) is 0 Å². The van der Waals surface area contributed by atoms with Gasteiger partial charge in [-0.15, -0.1) is 0 Å². The van der Waals surface area contributed by atoms with Crippen molar-refractivity contribution in [3.63, 3.8) is 0 Å². The van der Waals surface area contributed by atoms with E-state index in [0.29, 0.717) is 23.2 Å². The molecule has 3 aromatic rings. The van der Waals surface area contributed by atoms with E-state index in [1.807, 2.05) is 18.2 Å². The first-order valence-electron chi connectivity index (χ1n) is 9.11. The first-order valence-corrected chi connectivity index (χ1v) is 9.11. The molecule has 136 valence electrons. The van der Waals surface area contributed by atoms with E-state index in [0.717, 1.165) is 12.0 Å². The van der Waals surface area contributed by atoms with Crippen molar-refractivity contribution >= 4 is 11.7 Å². The molecule has 27 heavy (non-hydrogen) atoms. The number of carbonyl (C=O) groups excluding carboxylic acids is 2. The van der Waals surface area contributed by atoms with Crippen molar-refractivity contribution in [3.8, 4) is 0 Å². The highest BCUT2D eigenvalue weighted by Crippen LogP contribution is 2.14. The van der Waals surface area contributed by atoms with E-state index in [4.69, 9.17) is 0 Å². The Labute approximate surface area is 160 Å². The molecule has 0 atom stereocenters. The van der Waals surface area contributed by atoms with Crippen LogP contribution in [0.1, 0.15) is 44.3 Å². The van der Waals surface area contributed by atoms with Gasteiger partial charge in [0.15, 0.2) is 5.78 Å². The van der Waals surface area contributed by atoms with Crippen LogP contribution in [0.3, 0.4) is 0 Å². The summed E-state index contributed by atoms with van der Waals surface area (Å²) in [5, 5.41) is 0. The number of ketones is 1. The van der Waals surface area contributed by atoms with Gasteiger partial charge in [-0.05, 0) is 29.7 Å². The molecular weight excluding hydrogens is 334 g/mol. The summed E-state index contributed by atoms with van der Waals surface area (Å²) < 4.78 is 0. The van der Waals surface area contributed by atoms with Crippen molar-refractivity contribution in [2.24, 2.45) is 0 Å². The minimum absolute atomic E-state index is 0.0426. The maximum Gasteiger partial charge on any atom is 0.253 e. The molecular formula is C24H23NO2. The molecule has 0 saturated heterocycles. The summed E-state index contributed by atoms with van der Waals surface area (Å²) in [6.45, 7) is 2.67. The van der Waals surface area contributed by atoms with Gasteiger partial charge in [0, 0.05) is 30.3 Å². The van der Waals surface area contributed by atoms with E-state index in [1.54, 1.807) is 48.3 Å². The topological polar surface area (TPSA) is 37.4 Å². The normalized spacial score (nSPS) is 10.4. The lowest BCUT2D eigenvalue weighted by Gasteiger charge is -2.17. The van der Waals surface area contributed by atoms with Crippen molar-refractivity contribution in [2.45, 2.75) is 19.9 Å². The van der Waals surface area contributed by atoms with Gasteiger partial charge < -0.3 is 4.90 Å². The van der Waals surface area contributed by atoms with Gasteiger partial charge in [-0.2, -0.15) is 0 Å². The minimum atomic E-state index is -0.0618. The molecule has 0 bridgehead atoms. The molecule has 0 fully saturated rings. The summed E-state index contributed by atoms with van der Waals surface area (Å²) in [6, 6.07) is 24.3. The molecule has 0 aromatic heterocycles. The molecule has 3 heteroatoms. The first kappa shape index (κ1) is 18.6. The number of aryl methyl sites for hydroxylation is 1. The summed E-state index contributed by atoms with van der Waals surface area (Å²) in [5.74, 6) is -0.104. The van der Waals surface area contributed by atoms with Crippen molar-refractivity contribution in [2.75, 3.05) is 7.05 Å². The molecule has 0 aliphatic rings. The van der Waals surface area contributed by atoms with Gasteiger partial charge in [-0.3, -0.25) is 9.59 Å². The van der Waals surface area contributed by atoms with Crippen LogP contribution >= 0.6 is 0 Å². The van der Waals surface area contributed by atoms with Gasteiger partial charge in [-0.1, -0.05) is 73.7 Å². The summed E-state index contributed by atoms with van der Waals surface area (Å²) in [6.07, 6.45) is 1.00. The van der Waals surface area contributed by atoms with Gasteiger partial charge in [0.05, 0.1) is 0 Å². The second kappa shape index (κ2) is 8.45. The van der Waals surface area contributed by atoms with Crippen molar-refractivity contribution < 1.29 is 9.59 Å². The molecule has 3 aromatic carbocycles. The number of amides is 1. The molecule has 0 N–H and O–H groups in total. The van der Waals surface area contributed by atoms with E-state index in [1.165, 1.54) is 5.56 Å². The molecule has 0 heterocycles. The Kier molecular flexibility index (Phi) is 5.82. The highest BCUT2D eigenvalue weighted by Gasteiger charge is 2.14. The van der Waals surface area contributed by atoms with Crippen LogP contribution in [0.4, 0.5) is 0 Å². The van der Waals surface area contributed by atoms with Crippen LogP contribution in [0.25, 0.3) is 0 Å². The molecule has 3 nitrogen and oxygen atoms in total. The quantitative estimate of drug-likeness (QED) is 0.597. The van der Waals surface area contributed by atoms with E-state index in [9.17, 15) is 9.59 Å². The van der Waals surface area contributed by atoms with Crippen LogP contribution in [0.15, 0.2) is 78.9 Å². The van der Waals surface area contributed by atoms with Crippen molar-refractivity contribution in [3.05, 3.63) is 107 Å². The highest BCUT2D eigenvalue weighted by molar-refractivity contribution is 6.09. The second-order valence-corrected chi connectivity index (χ2v) is 6.60. The fourth-order valence-electron chi connectivity index (χ4n) is 2.97. The number of hydrogen-bond donors (Lipinski definition) is 0. The molecule has 0 saturated carbocycles. The van der Waals surface area contributed by atoms with E-state index in [2.05, 4.69) is 31.2 Å². The zero-order chi connectivity index (χ0) is 19.2. The van der Waals surface area contributed by atoms with Crippen LogP contribution in [0, 0.1) is 0 Å². The standard InChI is InChI=1S/C24H23NO2/c1-3-18-9-11-19(12-10-18)17-25(2)24(27)22-15-13-21(14-16-22)23(26)20-7-5-4-6-8-20/h4-16H,3,17H2,1-2H3. The Morgan fingerprint density at radius 3 is 1.81 bits per heavy atom. The molecule has 0 spiro atoms. The number of nitrogens with zero attached hydrogens (tertiary/aromatic N) is 1. The fourth-order valence-corrected chi connectivity index (χ4v) is 2.97. The van der Waals surface area contributed by atoms with Gasteiger partial charge in [0.25, 0.3) is 5.91 Å². The van der Waals surface area contributed by atoms with Gasteiger partial charge in [0.1, 0.15) is 0 Å². The number of carbonyl (C=O) groups is 2. The maximum absolute atomic E-state index is 12.7. The van der Waals surface area contributed by atoms with E-state index in [-0.39, 0.29) is 11.7 Å². The smallest absolute Gasteiger partial charge is 0.253 e. The summed E-state index contributed by atoms with van der Waals surface area (Å²) >= 11 is 0. The molecule has 0 radical (unpaired) electrons. The molecule has 0 unspecified atom stereocenters. The zero-order valence-corrected chi connectivity index (χ0v) is 15.7. The van der Waals surface area contributed by atoms with Crippen LogP contribution in [0.5, 0.6) is 0 Å². The lowest BCUT2D eigenvalue weighted by Crippen LogP contribution is -2.26. The lowest BCUT2D eigenvalue weighted by molar-refractivity contribution is 0.0784. The average Bonchev–Trinajstić information content (AvgIpc) is 2.74. The minimum Gasteiger partial charge on any atom is -0.337 e. The van der Waals surface area contributed by atoms with E-state index < -0.39 is 0 Å². The third-order valence-electron chi connectivity index (χ3n) is 4.63. The van der Waals surface area contributed by atoms with Gasteiger partial charge >= 0.3 is 0 Å². The summed E-state index contributed by atoms with van der Waals surface area (Å²) in [5.41, 5.74) is 4.18. The number of hydrogen-bond acceptors (Lipinski definition) is 2. The molecule has 3 rings (SSSR count). The van der Waals surface area contributed by atoms with Crippen LogP contribution in [-0.4, -0.2) is 23.6 Å². The lowest BCUT2D eigenvalue weighted by atomic mass is 10.0. The number of rotatable bonds is 6. The highest BCUT2D eigenvalue weighted by atomic mass is 16.2. The van der Waals surface area contributed by atoms with Crippen molar-refractivity contribution in [1.82, 2.24) is 4.90 Å². The Hall–Kier alpha value is -3.20. The second-order valence-electron chi connectivity index (χ2n) is 6.60. The summed E-state index contributed by atoms with van der Waals surface area (Å²) in [4.78, 5) is 26.8.